The van der Waals surface area contributed by atoms with Crippen molar-refractivity contribution in [2.75, 3.05) is 26.0 Å². The summed E-state index contributed by atoms with van der Waals surface area (Å²) in [6, 6.07) is 4.65. The maximum absolute atomic E-state index is 12.2. The Morgan fingerprint density at radius 3 is 2.43 bits per heavy atom. The van der Waals surface area contributed by atoms with Crippen LogP contribution < -0.4 is 5.32 Å². The molecule has 0 heterocycles. The van der Waals surface area contributed by atoms with E-state index in [1.165, 1.54) is 20.2 Å². The maximum atomic E-state index is 12.2. The summed E-state index contributed by atoms with van der Waals surface area (Å²) in [4.78, 5) is 23.2. The fraction of sp³-hybridized carbons (Fsp3) is 0.467. The number of carbonyl (C=O) groups is 2. The van der Waals surface area contributed by atoms with Crippen molar-refractivity contribution in [1.82, 2.24) is 4.31 Å². The summed E-state index contributed by atoms with van der Waals surface area (Å²) in [5, 5.41) is 2.59. The average Bonchev–Trinajstić information content (AvgIpc) is 2.47. The number of esters is 1. The second-order valence-electron chi connectivity index (χ2n) is 5.12. The number of nitrogens with zero attached hydrogens (tertiary/aromatic N) is 1. The highest BCUT2D eigenvalue weighted by Gasteiger charge is 2.20. The van der Waals surface area contributed by atoms with Crippen molar-refractivity contribution in [2.45, 2.75) is 31.6 Å². The summed E-state index contributed by atoms with van der Waals surface area (Å²) in [7, 11) is -0.703. The number of sulfonamides is 1. The van der Waals surface area contributed by atoms with E-state index in [1.54, 1.807) is 26.0 Å². The molecule has 0 atom stereocenters. The molecule has 0 unspecified atom stereocenters. The van der Waals surface area contributed by atoms with Crippen LogP contribution in [0.25, 0.3) is 0 Å². The SMILES string of the molecule is CCOC(=O)CCC(=O)Nc1ccc(C)c(S(=O)(=O)N(C)C)c1. The molecule has 0 saturated heterocycles. The number of benzene rings is 1. The van der Waals surface area contributed by atoms with Gasteiger partial charge < -0.3 is 10.1 Å². The zero-order chi connectivity index (χ0) is 17.6. The lowest BCUT2D eigenvalue weighted by molar-refractivity contribution is -0.144. The van der Waals surface area contributed by atoms with E-state index in [2.05, 4.69) is 5.32 Å². The molecular formula is C15H22N2O5S. The van der Waals surface area contributed by atoms with Gasteiger partial charge in [0.05, 0.1) is 17.9 Å². The molecule has 0 fully saturated rings. The summed E-state index contributed by atoms with van der Waals surface area (Å²) in [5.74, 6) is -0.822. The third kappa shape index (κ3) is 5.33. The quantitative estimate of drug-likeness (QED) is 0.759. The summed E-state index contributed by atoms with van der Waals surface area (Å²) >= 11 is 0. The van der Waals surface area contributed by atoms with Gasteiger partial charge in [0.1, 0.15) is 0 Å². The minimum absolute atomic E-state index is 0.0195. The second-order valence-corrected chi connectivity index (χ2v) is 7.24. The fourth-order valence-corrected chi connectivity index (χ4v) is 2.97. The molecule has 0 radical (unpaired) electrons. The van der Waals surface area contributed by atoms with Crippen LogP contribution in [0.2, 0.25) is 0 Å². The average molecular weight is 342 g/mol. The van der Waals surface area contributed by atoms with Gasteiger partial charge in [-0.05, 0) is 31.5 Å². The first-order valence-corrected chi connectivity index (χ1v) is 8.61. The van der Waals surface area contributed by atoms with Crippen molar-refractivity contribution in [3.05, 3.63) is 23.8 Å². The standard InChI is InChI=1S/C15H22N2O5S/c1-5-22-15(19)9-8-14(18)16-12-7-6-11(2)13(10-12)23(20,21)17(3)4/h6-7,10H,5,8-9H2,1-4H3,(H,16,18). The molecule has 23 heavy (non-hydrogen) atoms. The van der Waals surface area contributed by atoms with Crippen molar-refractivity contribution >= 4 is 27.6 Å². The number of carbonyl (C=O) groups excluding carboxylic acids is 2. The predicted octanol–water partition coefficient (Wildman–Crippen LogP) is 1.53. The van der Waals surface area contributed by atoms with Crippen molar-refractivity contribution in [3.8, 4) is 0 Å². The van der Waals surface area contributed by atoms with Crippen molar-refractivity contribution in [2.24, 2.45) is 0 Å². The smallest absolute Gasteiger partial charge is 0.306 e. The molecule has 8 heteroatoms. The Labute approximate surface area is 136 Å². The highest BCUT2D eigenvalue weighted by molar-refractivity contribution is 7.89. The molecule has 1 amide bonds. The highest BCUT2D eigenvalue weighted by atomic mass is 32.2. The third-order valence-electron chi connectivity index (χ3n) is 3.09. The first-order valence-electron chi connectivity index (χ1n) is 7.17. The van der Waals surface area contributed by atoms with Gasteiger partial charge >= 0.3 is 5.97 Å². The zero-order valence-corrected chi connectivity index (χ0v) is 14.6. The lowest BCUT2D eigenvalue weighted by Crippen LogP contribution is -2.23. The molecule has 1 aromatic carbocycles. The molecule has 0 spiro atoms. The van der Waals surface area contributed by atoms with Crippen molar-refractivity contribution in [1.29, 1.82) is 0 Å². The third-order valence-corrected chi connectivity index (χ3v) is 5.05. The molecular weight excluding hydrogens is 320 g/mol. The molecule has 0 aromatic heterocycles. The van der Waals surface area contributed by atoms with Gasteiger partial charge in [-0.25, -0.2) is 12.7 Å². The van der Waals surface area contributed by atoms with E-state index < -0.39 is 16.0 Å². The summed E-state index contributed by atoms with van der Waals surface area (Å²) in [6.45, 7) is 3.64. The Bertz CT molecular complexity index is 683. The Kier molecular flexibility index (Phi) is 6.71. The Balaban J connectivity index is 2.83. The topological polar surface area (TPSA) is 92.8 Å². The van der Waals surface area contributed by atoms with Crippen LogP contribution in [0, 0.1) is 6.92 Å². The number of hydrogen-bond donors (Lipinski definition) is 1. The second kappa shape index (κ2) is 8.07. The van der Waals surface area contributed by atoms with Gasteiger partial charge in [0.15, 0.2) is 0 Å². The molecule has 0 saturated carbocycles. The molecule has 0 aliphatic heterocycles. The van der Waals surface area contributed by atoms with Gasteiger partial charge in [0.25, 0.3) is 0 Å². The van der Waals surface area contributed by atoms with Gasteiger partial charge in [0, 0.05) is 26.2 Å². The van der Waals surface area contributed by atoms with E-state index in [1.807, 2.05) is 0 Å². The predicted molar refractivity (Wildman–Crippen MR) is 86.5 cm³/mol. The monoisotopic (exact) mass is 342 g/mol. The largest absolute Gasteiger partial charge is 0.466 e. The van der Waals surface area contributed by atoms with E-state index in [0.717, 1.165) is 4.31 Å². The number of anilines is 1. The fourth-order valence-electron chi connectivity index (χ4n) is 1.82. The van der Waals surface area contributed by atoms with Crippen LogP contribution in [-0.2, 0) is 24.3 Å². The maximum Gasteiger partial charge on any atom is 0.306 e. The normalized spacial score (nSPS) is 11.3. The van der Waals surface area contributed by atoms with Crippen LogP contribution >= 0.6 is 0 Å². The van der Waals surface area contributed by atoms with Crippen LogP contribution in [0.5, 0.6) is 0 Å². The molecule has 1 aromatic rings. The molecule has 128 valence electrons. The lowest BCUT2D eigenvalue weighted by atomic mass is 10.2. The first kappa shape index (κ1) is 19.1. The van der Waals surface area contributed by atoms with Crippen molar-refractivity contribution < 1.29 is 22.7 Å². The number of aryl methyl sites for hydroxylation is 1. The van der Waals surface area contributed by atoms with E-state index >= 15 is 0 Å². The van der Waals surface area contributed by atoms with Crippen LogP contribution in [0.15, 0.2) is 23.1 Å². The summed E-state index contributed by atoms with van der Waals surface area (Å²) in [6.07, 6.45) is -0.0448. The van der Waals surface area contributed by atoms with Crippen LogP contribution in [0.1, 0.15) is 25.3 Å². The van der Waals surface area contributed by atoms with Crippen LogP contribution in [0.3, 0.4) is 0 Å². The Morgan fingerprint density at radius 2 is 1.87 bits per heavy atom. The van der Waals surface area contributed by atoms with E-state index in [-0.39, 0.29) is 30.3 Å². The van der Waals surface area contributed by atoms with Gasteiger partial charge in [-0.2, -0.15) is 0 Å². The van der Waals surface area contributed by atoms with Gasteiger partial charge in [-0.3, -0.25) is 9.59 Å². The van der Waals surface area contributed by atoms with Gasteiger partial charge in [-0.1, -0.05) is 6.07 Å². The van der Waals surface area contributed by atoms with Crippen LogP contribution in [0.4, 0.5) is 5.69 Å². The molecule has 0 aliphatic carbocycles. The number of nitrogens with one attached hydrogen (secondary N) is 1. The number of amides is 1. The lowest BCUT2D eigenvalue weighted by Gasteiger charge is -2.15. The minimum atomic E-state index is -3.59. The minimum Gasteiger partial charge on any atom is -0.466 e. The highest BCUT2D eigenvalue weighted by Crippen LogP contribution is 2.22. The molecule has 0 aliphatic rings. The van der Waals surface area contributed by atoms with E-state index in [9.17, 15) is 18.0 Å². The Morgan fingerprint density at radius 1 is 1.22 bits per heavy atom. The number of rotatable bonds is 7. The first-order chi connectivity index (χ1) is 10.7. The van der Waals surface area contributed by atoms with Crippen molar-refractivity contribution in [3.63, 3.8) is 0 Å². The number of hydrogen-bond acceptors (Lipinski definition) is 5. The summed E-state index contributed by atoms with van der Waals surface area (Å²) in [5.41, 5.74) is 0.952. The molecule has 1 rings (SSSR count). The van der Waals surface area contributed by atoms with E-state index in [0.29, 0.717) is 11.3 Å². The van der Waals surface area contributed by atoms with E-state index in [4.69, 9.17) is 4.74 Å². The van der Waals surface area contributed by atoms with Crippen LogP contribution in [-0.4, -0.2) is 45.3 Å². The molecule has 0 bridgehead atoms. The van der Waals surface area contributed by atoms with Gasteiger partial charge in [0.2, 0.25) is 15.9 Å². The zero-order valence-electron chi connectivity index (χ0n) is 13.8. The molecule has 1 N–H and O–H groups in total. The summed E-state index contributed by atoms with van der Waals surface area (Å²) < 4.78 is 30.3. The number of ether oxygens (including phenoxy) is 1. The van der Waals surface area contributed by atoms with Gasteiger partial charge in [-0.15, -0.1) is 0 Å². The molecule has 7 nitrogen and oxygen atoms in total. The Hall–Kier alpha value is -1.93.